The third kappa shape index (κ3) is 5.29. The van der Waals surface area contributed by atoms with E-state index in [1.807, 2.05) is 18.2 Å². The maximum absolute atomic E-state index is 12.3. The predicted octanol–water partition coefficient (Wildman–Crippen LogP) is 2.04. The highest BCUT2D eigenvalue weighted by molar-refractivity contribution is 7.91. The van der Waals surface area contributed by atoms with Gasteiger partial charge in [0.25, 0.3) is 5.91 Å². The van der Waals surface area contributed by atoms with Crippen LogP contribution in [-0.4, -0.2) is 43.4 Å². The summed E-state index contributed by atoms with van der Waals surface area (Å²) in [4.78, 5) is 16.6. The molecular formula is C19H23N3O3S. The molecule has 1 aromatic heterocycles. The summed E-state index contributed by atoms with van der Waals surface area (Å²) >= 11 is 0. The summed E-state index contributed by atoms with van der Waals surface area (Å²) < 4.78 is 23.0. The smallest absolute Gasteiger partial charge is 0.251 e. The Bertz CT molecular complexity index is 853. The molecule has 2 aromatic rings. The topological polar surface area (TPSA) is 88.2 Å². The van der Waals surface area contributed by atoms with Gasteiger partial charge in [0.1, 0.15) is 5.82 Å². The number of hydrogen-bond acceptors (Lipinski definition) is 5. The first-order valence-electron chi connectivity index (χ1n) is 8.77. The van der Waals surface area contributed by atoms with Crippen molar-refractivity contribution in [3.63, 3.8) is 0 Å². The second-order valence-corrected chi connectivity index (χ2v) is 8.75. The lowest BCUT2D eigenvalue weighted by molar-refractivity contribution is 0.0941. The largest absolute Gasteiger partial charge is 0.370 e. The number of aromatic nitrogens is 1. The minimum atomic E-state index is -3.01. The predicted molar refractivity (Wildman–Crippen MR) is 102 cm³/mol. The lowest BCUT2D eigenvalue weighted by atomic mass is 10.1. The molecule has 0 aliphatic carbocycles. The van der Waals surface area contributed by atoms with Crippen LogP contribution in [0.3, 0.4) is 0 Å². The quantitative estimate of drug-likeness (QED) is 0.725. The maximum atomic E-state index is 12.3. The van der Waals surface area contributed by atoms with Crippen molar-refractivity contribution in [1.82, 2.24) is 10.3 Å². The van der Waals surface area contributed by atoms with E-state index in [0.717, 1.165) is 19.4 Å². The summed E-state index contributed by atoms with van der Waals surface area (Å²) in [7, 11) is -3.01. The van der Waals surface area contributed by atoms with Gasteiger partial charge < -0.3 is 10.6 Å². The third-order valence-electron chi connectivity index (χ3n) is 4.38. The molecule has 1 atom stereocenters. The molecule has 1 amide bonds. The Balaban J connectivity index is 1.49. The van der Waals surface area contributed by atoms with Crippen LogP contribution < -0.4 is 10.6 Å². The molecule has 1 fully saturated rings. The van der Waals surface area contributed by atoms with E-state index in [9.17, 15) is 13.2 Å². The van der Waals surface area contributed by atoms with E-state index in [2.05, 4.69) is 27.8 Å². The standard InChI is InChI=1S/C19H23N3O3S/c23-19(22-17-9-12-26(24,25)14-17)16-8-11-21-18(13-16)20-10-4-7-15-5-2-1-3-6-15/h1-3,5-6,8,11,13,17H,4,7,9-10,12,14H2,(H,20,21)(H,22,23). The first kappa shape index (κ1) is 18.4. The van der Waals surface area contributed by atoms with Crippen molar-refractivity contribution in [2.75, 3.05) is 23.4 Å². The van der Waals surface area contributed by atoms with Crippen molar-refractivity contribution in [2.45, 2.75) is 25.3 Å². The van der Waals surface area contributed by atoms with Crippen molar-refractivity contribution in [3.05, 3.63) is 59.8 Å². The summed E-state index contributed by atoms with van der Waals surface area (Å²) in [5, 5.41) is 6.02. The van der Waals surface area contributed by atoms with Crippen LogP contribution in [0.25, 0.3) is 0 Å². The highest BCUT2D eigenvalue weighted by Gasteiger charge is 2.29. The normalized spacial score (nSPS) is 18.4. The molecule has 6 nitrogen and oxygen atoms in total. The van der Waals surface area contributed by atoms with Crippen LogP contribution in [0.2, 0.25) is 0 Å². The Hall–Kier alpha value is -2.41. The molecule has 1 saturated heterocycles. The highest BCUT2D eigenvalue weighted by Crippen LogP contribution is 2.13. The summed E-state index contributed by atoms with van der Waals surface area (Å²) in [5.74, 6) is 0.545. The van der Waals surface area contributed by atoms with E-state index in [-0.39, 0.29) is 23.5 Å². The van der Waals surface area contributed by atoms with Crippen LogP contribution in [0.1, 0.15) is 28.8 Å². The molecule has 1 unspecified atom stereocenters. The fourth-order valence-corrected chi connectivity index (χ4v) is 4.67. The molecule has 1 aliphatic heterocycles. The SMILES string of the molecule is O=C(NC1CCS(=O)(=O)C1)c1ccnc(NCCCc2ccccc2)c1. The number of nitrogens with zero attached hydrogens (tertiary/aromatic N) is 1. The number of rotatable bonds is 7. The second kappa shape index (κ2) is 8.31. The molecule has 0 bridgehead atoms. The monoisotopic (exact) mass is 373 g/mol. The first-order valence-corrected chi connectivity index (χ1v) is 10.6. The lowest BCUT2D eigenvalue weighted by Gasteiger charge is -2.12. The zero-order chi connectivity index (χ0) is 18.4. The van der Waals surface area contributed by atoms with E-state index >= 15 is 0 Å². The average Bonchev–Trinajstić information content (AvgIpc) is 2.98. The van der Waals surface area contributed by atoms with Gasteiger partial charge in [0.05, 0.1) is 11.5 Å². The van der Waals surface area contributed by atoms with Crippen LogP contribution in [0.4, 0.5) is 5.82 Å². The summed E-state index contributed by atoms with van der Waals surface area (Å²) in [6.45, 7) is 0.758. The zero-order valence-corrected chi connectivity index (χ0v) is 15.3. The molecule has 3 rings (SSSR count). The van der Waals surface area contributed by atoms with Gasteiger partial charge in [-0.3, -0.25) is 4.79 Å². The molecule has 0 spiro atoms. The van der Waals surface area contributed by atoms with Gasteiger partial charge in [-0.25, -0.2) is 13.4 Å². The van der Waals surface area contributed by atoms with Crippen molar-refractivity contribution < 1.29 is 13.2 Å². The molecule has 2 N–H and O–H groups in total. The van der Waals surface area contributed by atoms with Crippen molar-refractivity contribution in [2.24, 2.45) is 0 Å². The number of amides is 1. The fraction of sp³-hybridized carbons (Fsp3) is 0.368. The molecular weight excluding hydrogens is 350 g/mol. The van der Waals surface area contributed by atoms with E-state index in [4.69, 9.17) is 0 Å². The van der Waals surface area contributed by atoms with Crippen LogP contribution in [-0.2, 0) is 16.3 Å². The molecule has 2 heterocycles. The van der Waals surface area contributed by atoms with Crippen LogP contribution in [0, 0.1) is 0 Å². The highest BCUT2D eigenvalue weighted by atomic mass is 32.2. The van der Waals surface area contributed by atoms with Crippen LogP contribution >= 0.6 is 0 Å². The van der Waals surface area contributed by atoms with Crippen molar-refractivity contribution >= 4 is 21.6 Å². The molecule has 0 saturated carbocycles. The van der Waals surface area contributed by atoms with E-state index in [1.54, 1.807) is 18.3 Å². The number of carbonyl (C=O) groups is 1. The second-order valence-electron chi connectivity index (χ2n) is 6.52. The Morgan fingerprint density at radius 3 is 2.73 bits per heavy atom. The number of anilines is 1. The van der Waals surface area contributed by atoms with Gasteiger partial charge in [0, 0.05) is 24.3 Å². The molecule has 26 heavy (non-hydrogen) atoms. The number of hydrogen-bond donors (Lipinski definition) is 2. The van der Waals surface area contributed by atoms with Gasteiger partial charge in [0.15, 0.2) is 9.84 Å². The van der Waals surface area contributed by atoms with Gasteiger partial charge in [-0.2, -0.15) is 0 Å². The lowest BCUT2D eigenvalue weighted by Crippen LogP contribution is -2.35. The Kier molecular flexibility index (Phi) is 5.88. The van der Waals surface area contributed by atoms with Crippen molar-refractivity contribution in [3.8, 4) is 0 Å². The van der Waals surface area contributed by atoms with Gasteiger partial charge in [-0.05, 0) is 37.0 Å². The zero-order valence-electron chi connectivity index (χ0n) is 14.5. The van der Waals surface area contributed by atoms with Gasteiger partial charge in [-0.15, -0.1) is 0 Å². The van der Waals surface area contributed by atoms with Crippen LogP contribution in [0.15, 0.2) is 48.7 Å². The summed E-state index contributed by atoms with van der Waals surface area (Å²) in [6.07, 6.45) is 4.00. The Morgan fingerprint density at radius 2 is 2.00 bits per heavy atom. The van der Waals surface area contributed by atoms with Gasteiger partial charge >= 0.3 is 0 Å². The van der Waals surface area contributed by atoms with Gasteiger partial charge in [0.2, 0.25) is 0 Å². The fourth-order valence-electron chi connectivity index (χ4n) is 3.00. The van der Waals surface area contributed by atoms with E-state index in [1.165, 1.54) is 5.56 Å². The third-order valence-corrected chi connectivity index (χ3v) is 6.15. The number of aryl methyl sites for hydroxylation is 1. The molecule has 138 valence electrons. The number of benzene rings is 1. The van der Waals surface area contributed by atoms with Gasteiger partial charge in [-0.1, -0.05) is 30.3 Å². The summed E-state index contributed by atoms with van der Waals surface area (Å²) in [6, 6.07) is 13.3. The summed E-state index contributed by atoms with van der Waals surface area (Å²) in [5.41, 5.74) is 1.77. The van der Waals surface area contributed by atoms with E-state index < -0.39 is 9.84 Å². The first-order chi connectivity index (χ1) is 12.5. The Labute approximate surface area is 154 Å². The number of carbonyl (C=O) groups excluding carboxylic acids is 1. The molecule has 1 aromatic carbocycles. The average molecular weight is 373 g/mol. The van der Waals surface area contributed by atoms with Crippen LogP contribution in [0.5, 0.6) is 0 Å². The van der Waals surface area contributed by atoms with E-state index in [0.29, 0.717) is 17.8 Å². The number of sulfone groups is 1. The number of pyridine rings is 1. The van der Waals surface area contributed by atoms with Crippen molar-refractivity contribution in [1.29, 1.82) is 0 Å². The molecule has 1 aliphatic rings. The Morgan fingerprint density at radius 1 is 1.19 bits per heavy atom. The molecule has 0 radical (unpaired) electrons. The number of nitrogens with one attached hydrogen (secondary N) is 2. The molecule has 7 heteroatoms. The minimum Gasteiger partial charge on any atom is -0.370 e. The minimum absolute atomic E-state index is 0.0222. The maximum Gasteiger partial charge on any atom is 0.251 e.